The Morgan fingerprint density at radius 1 is 1.50 bits per heavy atom. The first-order valence-electron chi connectivity index (χ1n) is 6.55. The summed E-state index contributed by atoms with van der Waals surface area (Å²) in [6.45, 7) is 6.13. The maximum atomic E-state index is 12.3. The number of amidine groups is 1. The number of amides is 1. The maximum Gasteiger partial charge on any atom is 0.256 e. The first-order chi connectivity index (χ1) is 9.24. The molecule has 0 aliphatic carbocycles. The standard InChI is InChI=1S/C13H19N3O3S/c1-4-13(2,3)14-12(17)10-6-5-7-16-8-9-20(18,19)15-11(10)16/h5-7H,4,8-9H2,1-3H3,(H,14,17). The van der Waals surface area contributed by atoms with Crippen molar-refractivity contribution in [2.45, 2.75) is 32.7 Å². The molecular weight excluding hydrogens is 278 g/mol. The monoisotopic (exact) mass is 297 g/mol. The van der Waals surface area contributed by atoms with Gasteiger partial charge < -0.3 is 10.2 Å². The summed E-state index contributed by atoms with van der Waals surface area (Å²) in [6, 6.07) is 0. The van der Waals surface area contributed by atoms with Crippen LogP contribution in [0.25, 0.3) is 0 Å². The fraction of sp³-hybridized carbons (Fsp3) is 0.538. The van der Waals surface area contributed by atoms with Gasteiger partial charge in [0.1, 0.15) is 0 Å². The van der Waals surface area contributed by atoms with Gasteiger partial charge in [0.15, 0.2) is 5.84 Å². The zero-order valence-corrected chi connectivity index (χ0v) is 12.7. The highest BCUT2D eigenvalue weighted by Gasteiger charge is 2.31. The summed E-state index contributed by atoms with van der Waals surface area (Å²) in [5.41, 5.74) is -0.0600. The molecule has 0 saturated heterocycles. The van der Waals surface area contributed by atoms with Crippen molar-refractivity contribution in [2.24, 2.45) is 4.40 Å². The molecule has 2 heterocycles. The Morgan fingerprint density at radius 2 is 2.20 bits per heavy atom. The van der Waals surface area contributed by atoms with Crippen LogP contribution in [-0.4, -0.2) is 42.9 Å². The minimum absolute atomic E-state index is 0.0316. The van der Waals surface area contributed by atoms with Crippen LogP contribution in [0.3, 0.4) is 0 Å². The summed E-state index contributed by atoms with van der Waals surface area (Å²) in [6.07, 6.45) is 5.83. The van der Waals surface area contributed by atoms with Crippen LogP contribution >= 0.6 is 0 Å². The normalized spacial score (nSPS) is 20.9. The van der Waals surface area contributed by atoms with Gasteiger partial charge in [-0.25, -0.2) is 8.42 Å². The molecule has 0 unspecified atom stereocenters. The van der Waals surface area contributed by atoms with Gasteiger partial charge in [0.05, 0.1) is 11.3 Å². The van der Waals surface area contributed by atoms with E-state index in [-0.39, 0.29) is 28.6 Å². The van der Waals surface area contributed by atoms with Crippen LogP contribution in [0.15, 0.2) is 28.3 Å². The molecule has 1 amide bonds. The molecule has 0 atom stereocenters. The molecule has 6 nitrogen and oxygen atoms in total. The van der Waals surface area contributed by atoms with E-state index < -0.39 is 10.0 Å². The van der Waals surface area contributed by atoms with Gasteiger partial charge in [-0.3, -0.25) is 4.79 Å². The molecule has 0 radical (unpaired) electrons. The third-order valence-corrected chi connectivity index (χ3v) is 4.59. The molecule has 0 aromatic rings. The lowest BCUT2D eigenvalue weighted by molar-refractivity contribution is -0.118. The Morgan fingerprint density at radius 3 is 2.85 bits per heavy atom. The van der Waals surface area contributed by atoms with Gasteiger partial charge >= 0.3 is 0 Å². The lowest BCUT2D eigenvalue weighted by Crippen LogP contribution is -2.47. The van der Waals surface area contributed by atoms with E-state index in [2.05, 4.69) is 9.71 Å². The molecule has 0 spiro atoms. The summed E-state index contributed by atoms with van der Waals surface area (Å²) >= 11 is 0. The van der Waals surface area contributed by atoms with Gasteiger partial charge in [-0.05, 0) is 32.4 Å². The Bertz CT molecular complexity index is 615. The van der Waals surface area contributed by atoms with Gasteiger partial charge in [-0.2, -0.15) is 0 Å². The fourth-order valence-electron chi connectivity index (χ4n) is 1.86. The van der Waals surface area contributed by atoms with Crippen LogP contribution in [-0.2, 0) is 14.8 Å². The predicted molar refractivity (Wildman–Crippen MR) is 77.7 cm³/mol. The largest absolute Gasteiger partial charge is 0.347 e. The second-order valence-electron chi connectivity index (χ2n) is 5.51. The summed E-state index contributed by atoms with van der Waals surface area (Å²) in [5.74, 6) is -0.124. The maximum absolute atomic E-state index is 12.3. The number of sulfonamides is 1. The van der Waals surface area contributed by atoms with E-state index in [1.165, 1.54) is 0 Å². The van der Waals surface area contributed by atoms with E-state index >= 15 is 0 Å². The summed E-state index contributed by atoms with van der Waals surface area (Å²) < 4.78 is 27.0. The van der Waals surface area contributed by atoms with E-state index in [1.54, 1.807) is 23.3 Å². The van der Waals surface area contributed by atoms with Crippen molar-refractivity contribution < 1.29 is 13.2 Å². The van der Waals surface area contributed by atoms with Crippen molar-refractivity contribution in [3.8, 4) is 0 Å². The highest BCUT2D eigenvalue weighted by atomic mass is 32.2. The van der Waals surface area contributed by atoms with Crippen molar-refractivity contribution in [2.75, 3.05) is 12.3 Å². The van der Waals surface area contributed by atoms with Crippen LogP contribution in [0.5, 0.6) is 0 Å². The number of rotatable bonds is 3. The smallest absolute Gasteiger partial charge is 0.256 e. The Labute approximate surface area is 119 Å². The van der Waals surface area contributed by atoms with E-state index in [1.807, 2.05) is 20.8 Å². The first-order valence-corrected chi connectivity index (χ1v) is 8.16. The Hall–Kier alpha value is -1.63. The van der Waals surface area contributed by atoms with Crippen LogP contribution in [0.1, 0.15) is 27.2 Å². The number of nitrogens with one attached hydrogen (secondary N) is 1. The zero-order chi connectivity index (χ0) is 15.0. The van der Waals surface area contributed by atoms with Crippen LogP contribution in [0.2, 0.25) is 0 Å². The van der Waals surface area contributed by atoms with Crippen LogP contribution in [0, 0.1) is 0 Å². The van der Waals surface area contributed by atoms with Gasteiger partial charge in [-0.15, -0.1) is 4.40 Å². The Kier molecular flexibility index (Phi) is 3.73. The second-order valence-corrected chi connectivity index (χ2v) is 7.26. The fourth-order valence-corrected chi connectivity index (χ4v) is 2.84. The van der Waals surface area contributed by atoms with Crippen LogP contribution < -0.4 is 5.32 Å². The molecule has 7 heteroatoms. The topological polar surface area (TPSA) is 78.8 Å². The number of allylic oxidation sites excluding steroid dienone is 2. The summed E-state index contributed by atoms with van der Waals surface area (Å²) in [7, 11) is -3.48. The highest BCUT2D eigenvalue weighted by molar-refractivity contribution is 7.90. The van der Waals surface area contributed by atoms with Crippen molar-refractivity contribution >= 4 is 21.8 Å². The molecular formula is C13H19N3O3S. The van der Waals surface area contributed by atoms with Gasteiger partial charge in [0, 0.05) is 18.3 Å². The lowest BCUT2D eigenvalue weighted by atomic mass is 10.0. The number of hydrogen-bond donors (Lipinski definition) is 1. The molecule has 0 aromatic heterocycles. The van der Waals surface area contributed by atoms with Gasteiger partial charge in [0.2, 0.25) is 0 Å². The second kappa shape index (κ2) is 5.05. The predicted octanol–water partition coefficient (Wildman–Crippen LogP) is 0.789. The van der Waals surface area contributed by atoms with E-state index in [0.717, 1.165) is 6.42 Å². The van der Waals surface area contributed by atoms with Gasteiger partial charge in [0.25, 0.3) is 15.9 Å². The molecule has 1 N–H and O–H groups in total. The average Bonchev–Trinajstić information content (AvgIpc) is 2.36. The molecule has 110 valence electrons. The third kappa shape index (κ3) is 3.09. The molecule has 2 aliphatic heterocycles. The highest BCUT2D eigenvalue weighted by Crippen LogP contribution is 2.19. The third-order valence-electron chi connectivity index (χ3n) is 3.44. The zero-order valence-electron chi connectivity index (χ0n) is 11.9. The van der Waals surface area contributed by atoms with Gasteiger partial charge in [-0.1, -0.05) is 6.92 Å². The number of carbonyl (C=O) groups excluding carboxylic acids is 1. The lowest BCUT2D eigenvalue weighted by Gasteiger charge is -2.31. The number of nitrogens with zero attached hydrogens (tertiary/aromatic N) is 2. The van der Waals surface area contributed by atoms with E-state index in [4.69, 9.17) is 0 Å². The molecule has 2 rings (SSSR count). The molecule has 0 bridgehead atoms. The quantitative estimate of drug-likeness (QED) is 0.835. The van der Waals surface area contributed by atoms with Crippen molar-refractivity contribution in [1.29, 1.82) is 0 Å². The molecule has 2 aliphatic rings. The minimum atomic E-state index is -3.48. The van der Waals surface area contributed by atoms with E-state index in [0.29, 0.717) is 6.54 Å². The number of fused-ring (bicyclic) bond motifs is 1. The molecule has 0 aromatic carbocycles. The number of carbonyl (C=O) groups is 1. The summed E-state index contributed by atoms with van der Waals surface area (Å²) in [4.78, 5) is 14.0. The Balaban J connectivity index is 2.31. The summed E-state index contributed by atoms with van der Waals surface area (Å²) in [5, 5.41) is 2.89. The minimum Gasteiger partial charge on any atom is -0.347 e. The molecule has 0 fully saturated rings. The SMILES string of the molecule is CCC(C)(C)NC(=O)C1=CC=CN2CCS(=O)(=O)N=C12. The first kappa shape index (κ1) is 14.8. The molecule has 0 saturated carbocycles. The average molecular weight is 297 g/mol. The molecule has 20 heavy (non-hydrogen) atoms. The van der Waals surface area contributed by atoms with Crippen molar-refractivity contribution in [3.63, 3.8) is 0 Å². The van der Waals surface area contributed by atoms with Crippen molar-refractivity contribution in [1.82, 2.24) is 10.2 Å². The van der Waals surface area contributed by atoms with Crippen molar-refractivity contribution in [3.05, 3.63) is 23.9 Å². The van der Waals surface area contributed by atoms with E-state index in [9.17, 15) is 13.2 Å². The van der Waals surface area contributed by atoms with Crippen LogP contribution in [0.4, 0.5) is 0 Å². The number of hydrogen-bond acceptors (Lipinski definition) is 4.